The molecule has 2 atom stereocenters. The zero-order valence-corrected chi connectivity index (χ0v) is 15.7. The van der Waals surface area contributed by atoms with E-state index in [1.54, 1.807) is 0 Å². The summed E-state index contributed by atoms with van der Waals surface area (Å²) in [6.45, 7) is 3.32. The predicted octanol–water partition coefficient (Wildman–Crippen LogP) is 2.66. The van der Waals surface area contributed by atoms with Crippen LogP contribution in [-0.2, 0) is 4.79 Å². The minimum Gasteiger partial charge on any atom is -0.392 e. The van der Waals surface area contributed by atoms with Crippen molar-refractivity contribution in [1.29, 1.82) is 0 Å². The summed E-state index contributed by atoms with van der Waals surface area (Å²) in [5.74, 6) is 0.0253. The van der Waals surface area contributed by atoms with Crippen LogP contribution in [0.4, 0.5) is 0 Å². The van der Waals surface area contributed by atoms with Gasteiger partial charge in [-0.25, -0.2) is 0 Å². The molecule has 1 amide bonds. The Balaban J connectivity index is 0.00000208. The van der Waals surface area contributed by atoms with Crippen molar-refractivity contribution in [3.8, 4) is 0 Å². The van der Waals surface area contributed by atoms with Gasteiger partial charge in [0.05, 0.1) is 12.1 Å². The van der Waals surface area contributed by atoms with Crippen LogP contribution in [-0.4, -0.2) is 41.0 Å². The number of nitrogens with one attached hydrogen (secondary N) is 2. The predicted molar refractivity (Wildman–Crippen MR) is 101 cm³/mol. The fourth-order valence-corrected chi connectivity index (χ4v) is 4.89. The second-order valence-corrected chi connectivity index (χ2v) is 8.41. The van der Waals surface area contributed by atoms with E-state index in [9.17, 15) is 9.90 Å². The van der Waals surface area contributed by atoms with Crippen molar-refractivity contribution in [1.82, 2.24) is 10.6 Å². The van der Waals surface area contributed by atoms with Gasteiger partial charge in [-0.3, -0.25) is 4.79 Å². The van der Waals surface area contributed by atoms with Gasteiger partial charge in [0.2, 0.25) is 5.91 Å². The van der Waals surface area contributed by atoms with Crippen molar-refractivity contribution in [3.05, 3.63) is 29.8 Å². The first-order valence-corrected chi connectivity index (χ1v) is 9.33. The summed E-state index contributed by atoms with van der Waals surface area (Å²) in [7, 11) is 0. The Hall–Kier alpha value is -0.750. The molecule has 1 aliphatic heterocycles. The third-order valence-electron chi connectivity index (χ3n) is 4.88. The number of carbonyl (C=O) groups is 1. The molecule has 0 bridgehead atoms. The van der Waals surface area contributed by atoms with Crippen molar-refractivity contribution in [2.75, 3.05) is 13.1 Å². The molecule has 2 unspecified atom stereocenters. The molecule has 2 fully saturated rings. The Morgan fingerprint density at radius 3 is 2.58 bits per heavy atom. The van der Waals surface area contributed by atoms with Crippen molar-refractivity contribution in [3.63, 3.8) is 0 Å². The molecule has 0 radical (unpaired) electrons. The summed E-state index contributed by atoms with van der Waals surface area (Å²) in [4.78, 5) is 13.6. The van der Waals surface area contributed by atoms with Crippen molar-refractivity contribution in [2.24, 2.45) is 0 Å². The van der Waals surface area contributed by atoms with Gasteiger partial charge in [0.15, 0.2) is 0 Å². The second-order valence-electron chi connectivity index (χ2n) is 6.87. The molecule has 24 heavy (non-hydrogen) atoms. The topological polar surface area (TPSA) is 61.4 Å². The number of amides is 1. The van der Waals surface area contributed by atoms with Crippen LogP contribution < -0.4 is 10.6 Å². The van der Waals surface area contributed by atoms with Gasteiger partial charge in [0, 0.05) is 22.7 Å². The number of thioether (sulfide) groups is 1. The zero-order valence-electron chi connectivity index (χ0n) is 14.1. The number of aryl methyl sites for hydroxylation is 1. The van der Waals surface area contributed by atoms with E-state index in [0.717, 1.165) is 12.8 Å². The Bertz CT molecular complexity index is 546. The van der Waals surface area contributed by atoms with Gasteiger partial charge in [-0.15, -0.1) is 24.2 Å². The molecular formula is C18H27ClN2O2S. The number of aliphatic hydroxyl groups excluding tert-OH is 1. The fraction of sp³-hybridized carbons (Fsp3) is 0.611. The summed E-state index contributed by atoms with van der Waals surface area (Å²) in [5, 5.41) is 15.8. The Labute approximate surface area is 154 Å². The summed E-state index contributed by atoms with van der Waals surface area (Å²) in [6, 6.07) is 8.40. The van der Waals surface area contributed by atoms with Crippen LogP contribution in [0.25, 0.3) is 0 Å². The first kappa shape index (κ1) is 19.6. The molecule has 1 saturated carbocycles. The number of halogens is 1. The molecule has 4 nitrogen and oxygen atoms in total. The number of benzene rings is 1. The first-order chi connectivity index (χ1) is 11.1. The molecule has 0 spiro atoms. The standard InChI is InChI=1S/C18H26N2O2S.ClH/c1-13-4-6-15(7-5-13)23-18(8-2-3-9-18)12-20-17(22)16-10-14(21)11-19-16;/h4-7,14,16,19,21H,2-3,8-12H2,1H3,(H,20,22);1H. The normalized spacial score (nSPS) is 25.2. The first-order valence-electron chi connectivity index (χ1n) is 8.51. The third kappa shape index (κ3) is 4.88. The SMILES string of the molecule is Cc1ccc(SC2(CNC(=O)C3CC(O)CN3)CCCC2)cc1.Cl. The summed E-state index contributed by atoms with van der Waals surface area (Å²) in [5.41, 5.74) is 1.27. The van der Waals surface area contributed by atoms with Gasteiger partial charge in [-0.1, -0.05) is 30.5 Å². The molecule has 134 valence electrons. The highest BCUT2D eigenvalue weighted by atomic mass is 35.5. The quantitative estimate of drug-likeness (QED) is 0.745. The molecule has 1 aromatic rings. The minimum absolute atomic E-state index is 0. The molecule has 1 aliphatic carbocycles. The molecule has 1 heterocycles. The van der Waals surface area contributed by atoms with E-state index in [2.05, 4.69) is 41.8 Å². The van der Waals surface area contributed by atoms with Gasteiger partial charge in [0.25, 0.3) is 0 Å². The maximum atomic E-state index is 12.3. The summed E-state index contributed by atoms with van der Waals surface area (Å²) in [6.07, 6.45) is 4.88. The lowest BCUT2D eigenvalue weighted by Crippen LogP contribution is -2.46. The smallest absolute Gasteiger partial charge is 0.237 e. The van der Waals surface area contributed by atoms with E-state index in [1.807, 2.05) is 11.8 Å². The molecule has 3 rings (SSSR count). The van der Waals surface area contributed by atoms with Crippen LogP contribution in [0.5, 0.6) is 0 Å². The largest absolute Gasteiger partial charge is 0.392 e. The number of aliphatic hydroxyl groups is 1. The molecule has 3 N–H and O–H groups in total. The van der Waals surface area contributed by atoms with Crippen LogP contribution in [0.2, 0.25) is 0 Å². The molecule has 0 aromatic heterocycles. The highest BCUT2D eigenvalue weighted by molar-refractivity contribution is 8.00. The highest BCUT2D eigenvalue weighted by Gasteiger charge is 2.36. The zero-order chi connectivity index (χ0) is 16.3. The summed E-state index contributed by atoms with van der Waals surface area (Å²) >= 11 is 1.91. The van der Waals surface area contributed by atoms with Crippen molar-refractivity contribution >= 4 is 30.1 Å². The van der Waals surface area contributed by atoms with Crippen LogP contribution >= 0.6 is 24.2 Å². The maximum Gasteiger partial charge on any atom is 0.237 e. The number of hydrogen-bond acceptors (Lipinski definition) is 4. The van der Waals surface area contributed by atoms with Crippen molar-refractivity contribution in [2.45, 2.75) is 60.8 Å². The van der Waals surface area contributed by atoms with Crippen LogP contribution in [0.15, 0.2) is 29.2 Å². The Kier molecular flexibility index (Phi) is 6.99. The van der Waals surface area contributed by atoms with E-state index in [0.29, 0.717) is 19.5 Å². The Morgan fingerprint density at radius 2 is 2.00 bits per heavy atom. The lowest BCUT2D eigenvalue weighted by molar-refractivity contribution is -0.123. The average Bonchev–Trinajstić information content (AvgIpc) is 3.17. The highest BCUT2D eigenvalue weighted by Crippen LogP contribution is 2.44. The van der Waals surface area contributed by atoms with Crippen LogP contribution in [0.1, 0.15) is 37.7 Å². The third-order valence-corrected chi connectivity index (χ3v) is 6.37. The van der Waals surface area contributed by atoms with Gasteiger partial charge in [-0.2, -0.15) is 0 Å². The maximum absolute atomic E-state index is 12.3. The molecule has 2 aliphatic rings. The van der Waals surface area contributed by atoms with Crippen LogP contribution in [0.3, 0.4) is 0 Å². The second kappa shape index (κ2) is 8.56. The summed E-state index contributed by atoms with van der Waals surface area (Å²) < 4.78 is 0.113. The molecule has 1 saturated heterocycles. The van der Waals surface area contributed by atoms with Gasteiger partial charge < -0.3 is 15.7 Å². The Morgan fingerprint density at radius 1 is 1.33 bits per heavy atom. The lowest BCUT2D eigenvalue weighted by atomic mass is 10.1. The molecular weight excluding hydrogens is 344 g/mol. The molecule has 1 aromatic carbocycles. The van der Waals surface area contributed by atoms with E-state index in [1.165, 1.54) is 23.3 Å². The number of rotatable bonds is 5. The lowest BCUT2D eigenvalue weighted by Gasteiger charge is -2.29. The molecule has 6 heteroatoms. The van der Waals surface area contributed by atoms with Gasteiger partial charge in [-0.05, 0) is 38.3 Å². The number of β-amino-alcohol motifs (C(OH)–C–C–N with tert-alkyl or cyclic N) is 1. The minimum atomic E-state index is -0.395. The average molecular weight is 371 g/mol. The van der Waals surface area contributed by atoms with Gasteiger partial charge >= 0.3 is 0 Å². The van der Waals surface area contributed by atoms with Crippen molar-refractivity contribution < 1.29 is 9.90 Å². The van der Waals surface area contributed by atoms with E-state index in [4.69, 9.17) is 0 Å². The van der Waals surface area contributed by atoms with E-state index in [-0.39, 0.29) is 29.1 Å². The van der Waals surface area contributed by atoms with Gasteiger partial charge in [0.1, 0.15) is 0 Å². The van der Waals surface area contributed by atoms with E-state index < -0.39 is 6.10 Å². The number of carbonyl (C=O) groups excluding carboxylic acids is 1. The monoisotopic (exact) mass is 370 g/mol. The fourth-order valence-electron chi connectivity index (χ4n) is 3.48. The van der Waals surface area contributed by atoms with Crippen LogP contribution in [0, 0.1) is 6.92 Å². The van der Waals surface area contributed by atoms with E-state index >= 15 is 0 Å². The number of hydrogen-bond donors (Lipinski definition) is 3.